The van der Waals surface area contributed by atoms with Crippen LogP contribution in [0.4, 0.5) is 5.82 Å². The van der Waals surface area contributed by atoms with Gasteiger partial charge in [0, 0.05) is 17.8 Å². The summed E-state index contributed by atoms with van der Waals surface area (Å²) in [6.07, 6.45) is 3.60. The lowest BCUT2D eigenvalue weighted by atomic mass is 10.2. The van der Waals surface area contributed by atoms with Crippen LogP contribution in [0.25, 0.3) is 10.9 Å². The molecule has 0 aliphatic carbocycles. The van der Waals surface area contributed by atoms with Crippen LogP contribution in [0, 0.1) is 0 Å². The van der Waals surface area contributed by atoms with Gasteiger partial charge in [0.25, 0.3) is 0 Å². The second-order valence-electron chi connectivity index (χ2n) is 4.18. The van der Waals surface area contributed by atoms with Crippen molar-refractivity contribution >= 4 is 16.7 Å². The molecule has 5 heteroatoms. The number of hydrogen-bond acceptors (Lipinski definition) is 4. The Morgan fingerprint density at radius 2 is 2.05 bits per heavy atom. The van der Waals surface area contributed by atoms with Crippen LogP contribution in [0.5, 0.6) is 5.75 Å². The van der Waals surface area contributed by atoms with E-state index in [-0.39, 0.29) is 0 Å². The topological polar surface area (TPSA) is 66.0 Å². The lowest BCUT2D eigenvalue weighted by molar-refractivity contribution is 0.294. The highest BCUT2D eigenvalue weighted by molar-refractivity contribution is 5.84. The van der Waals surface area contributed by atoms with Gasteiger partial charge in [0.2, 0.25) is 0 Å². The fraction of sp³-hybridized carbons (Fsp3) is 0.143. The zero-order chi connectivity index (χ0) is 13.1. The molecule has 0 saturated heterocycles. The lowest BCUT2D eigenvalue weighted by Gasteiger charge is -2.08. The molecule has 0 amide bonds. The lowest BCUT2D eigenvalue weighted by Crippen LogP contribution is -2.09. The summed E-state index contributed by atoms with van der Waals surface area (Å²) < 4.78 is 7.53. The summed E-state index contributed by atoms with van der Waals surface area (Å²) in [6, 6.07) is 11.6. The van der Waals surface area contributed by atoms with Crippen molar-refractivity contribution in [3.8, 4) is 5.75 Å². The van der Waals surface area contributed by atoms with Crippen LogP contribution in [-0.2, 0) is 6.54 Å². The Morgan fingerprint density at radius 3 is 2.89 bits per heavy atom. The van der Waals surface area contributed by atoms with E-state index >= 15 is 0 Å². The number of pyridine rings is 1. The normalized spacial score (nSPS) is 10.7. The molecule has 0 aliphatic rings. The maximum Gasteiger partial charge on any atom is 0.145 e. The summed E-state index contributed by atoms with van der Waals surface area (Å²) in [5.74, 6) is 1.31. The molecule has 0 bridgehead atoms. The second-order valence-corrected chi connectivity index (χ2v) is 4.18. The van der Waals surface area contributed by atoms with Gasteiger partial charge in [-0.1, -0.05) is 18.2 Å². The van der Waals surface area contributed by atoms with Gasteiger partial charge in [-0.25, -0.2) is 0 Å². The number of fused-ring (bicyclic) bond motifs is 1. The Kier molecular flexibility index (Phi) is 3.02. The number of benzene rings is 1. The molecule has 0 radical (unpaired) electrons. The molecular weight excluding hydrogens is 240 g/mol. The third-order valence-electron chi connectivity index (χ3n) is 2.83. The first-order chi connectivity index (χ1) is 9.33. The molecule has 3 aromatic rings. The van der Waals surface area contributed by atoms with Gasteiger partial charge < -0.3 is 10.5 Å². The summed E-state index contributed by atoms with van der Waals surface area (Å²) in [5.41, 5.74) is 6.43. The molecule has 96 valence electrons. The highest BCUT2D eigenvalue weighted by Gasteiger charge is 2.02. The van der Waals surface area contributed by atoms with E-state index in [1.54, 1.807) is 16.9 Å². The molecule has 0 atom stereocenters. The predicted octanol–water partition coefficient (Wildman–Crippen LogP) is 2.09. The van der Waals surface area contributed by atoms with E-state index in [0.717, 1.165) is 16.7 Å². The van der Waals surface area contributed by atoms with Crippen molar-refractivity contribution in [3.63, 3.8) is 0 Å². The zero-order valence-electron chi connectivity index (χ0n) is 10.4. The first kappa shape index (κ1) is 11.5. The Morgan fingerprint density at radius 1 is 1.16 bits per heavy atom. The van der Waals surface area contributed by atoms with E-state index in [9.17, 15) is 0 Å². The molecule has 19 heavy (non-hydrogen) atoms. The fourth-order valence-corrected chi connectivity index (χ4v) is 1.94. The van der Waals surface area contributed by atoms with E-state index in [4.69, 9.17) is 10.5 Å². The molecule has 3 rings (SSSR count). The molecule has 0 aliphatic heterocycles. The number of nitrogens with two attached hydrogens (primary N) is 1. The molecule has 2 heterocycles. The van der Waals surface area contributed by atoms with Crippen LogP contribution in [-0.4, -0.2) is 21.4 Å². The first-order valence-corrected chi connectivity index (χ1v) is 6.08. The van der Waals surface area contributed by atoms with Crippen molar-refractivity contribution in [1.29, 1.82) is 0 Å². The SMILES string of the molecule is Nc1ccn(CCOc2cccc3cccnc23)n1. The molecule has 5 nitrogen and oxygen atoms in total. The number of hydrogen-bond donors (Lipinski definition) is 1. The van der Waals surface area contributed by atoms with Gasteiger partial charge in [0.1, 0.15) is 23.7 Å². The van der Waals surface area contributed by atoms with E-state index in [0.29, 0.717) is 19.0 Å². The summed E-state index contributed by atoms with van der Waals surface area (Å²) >= 11 is 0. The molecule has 2 N–H and O–H groups in total. The number of nitrogen functional groups attached to an aromatic ring is 1. The molecular formula is C14H14N4O. The number of para-hydroxylation sites is 1. The van der Waals surface area contributed by atoms with Gasteiger partial charge in [-0.2, -0.15) is 5.10 Å². The fourth-order valence-electron chi connectivity index (χ4n) is 1.94. The van der Waals surface area contributed by atoms with Crippen molar-refractivity contribution in [2.45, 2.75) is 6.54 Å². The van der Waals surface area contributed by atoms with Gasteiger partial charge in [0.05, 0.1) is 6.54 Å². The molecule has 0 saturated carbocycles. The summed E-state index contributed by atoms with van der Waals surface area (Å²) in [4.78, 5) is 4.34. The predicted molar refractivity (Wildman–Crippen MR) is 73.9 cm³/mol. The van der Waals surface area contributed by atoms with Crippen molar-refractivity contribution in [2.24, 2.45) is 0 Å². The average Bonchev–Trinajstić information content (AvgIpc) is 2.85. The molecule has 1 aromatic carbocycles. The van der Waals surface area contributed by atoms with E-state index < -0.39 is 0 Å². The summed E-state index contributed by atoms with van der Waals surface area (Å²) in [7, 11) is 0. The molecule has 0 unspecified atom stereocenters. The largest absolute Gasteiger partial charge is 0.489 e. The van der Waals surface area contributed by atoms with Gasteiger partial charge >= 0.3 is 0 Å². The number of aromatic nitrogens is 3. The maximum atomic E-state index is 5.77. The first-order valence-electron chi connectivity index (χ1n) is 6.08. The minimum atomic E-state index is 0.520. The van der Waals surface area contributed by atoms with E-state index in [1.165, 1.54) is 0 Å². The Bertz CT molecular complexity index is 687. The Labute approximate surface area is 110 Å². The van der Waals surface area contributed by atoms with Gasteiger partial charge in [0.15, 0.2) is 0 Å². The third-order valence-corrected chi connectivity index (χ3v) is 2.83. The number of rotatable bonds is 4. The summed E-state index contributed by atoms with van der Waals surface area (Å²) in [6.45, 7) is 1.18. The van der Waals surface area contributed by atoms with Crippen LogP contribution in [0.1, 0.15) is 0 Å². The van der Waals surface area contributed by atoms with Crippen LogP contribution in [0.2, 0.25) is 0 Å². The molecule has 0 fully saturated rings. The second kappa shape index (κ2) is 4.97. The minimum Gasteiger partial charge on any atom is -0.489 e. The third kappa shape index (κ3) is 2.49. The van der Waals surface area contributed by atoms with Crippen LogP contribution < -0.4 is 10.5 Å². The standard InChI is InChI=1S/C14H14N4O/c15-13-6-8-18(17-13)9-10-19-12-5-1-3-11-4-2-7-16-14(11)12/h1-8H,9-10H2,(H2,15,17). The van der Waals surface area contributed by atoms with Crippen LogP contribution in [0.15, 0.2) is 48.8 Å². The average molecular weight is 254 g/mol. The van der Waals surface area contributed by atoms with Crippen LogP contribution in [0.3, 0.4) is 0 Å². The Balaban J connectivity index is 1.71. The van der Waals surface area contributed by atoms with Crippen molar-refractivity contribution in [1.82, 2.24) is 14.8 Å². The van der Waals surface area contributed by atoms with Gasteiger partial charge in [-0.05, 0) is 18.2 Å². The maximum absolute atomic E-state index is 5.77. The van der Waals surface area contributed by atoms with Gasteiger partial charge in [-0.3, -0.25) is 9.67 Å². The van der Waals surface area contributed by atoms with Gasteiger partial charge in [-0.15, -0.1) is 0 Å². The van der Waals surface area contributed by atoms with E-state index in [1.807, 2.05) is 36.5 Å². The minimum absolute atomic E-state index is 0.520. The van der Waals surface area contributed by atoms with Crippen molar-refractivity contribution < 1.29 is 4.74 Å². The smallest absolute Gasteiger partial charge is 0.145 e. The zero-order valence-corrected chi connectivity index (χ0v) is 10.4. The summed E-state index contributed by atoms with van der Waals surface area (Å²) in [5, 5.41) is 5.18. The number of nitrogens with zero attached hydrogens (tertiary/aromatic N) is 3. The quantitative estimate of drug-likeness (QED) is 0.774. The Hall–Kier alpha value is -2.56. The highest BCUT2D eigenvalue weighted by atomic mass is 16.5. The molecule has 2 aromatic heterocycles. The highest BCUT2D eigenvalue weighted by Crippen LogP contribution is 2.22. The van der Waals surface area contributed by atoms with Crippen molar-refractivity contribution in [3.05, 3.63) is 48.8 Å². The number of ether oxygens (including phenoxy) is 1. The van der Waals surface area contributed by atoms with Crippen molar-refractivity contribution in [2.75, 3.05) is 12.3 Å². The molecule has 0 spiro atoms. The van der Waals surface area contributed by atoms with Crippen LogP contribution >= 0.6 is 0 Å². The monoisotopic (exact) mass is 254 g/mol. The van der Waals surface area contributed by atoms with E-state index in [2.05, 4.69) is 10.1 Å². The number of anilines is 1.